The van der Waals surface area contributed by atoms with Crippen LogP contribution in [0.5, 0.6) is 0 Å². The normalized spacial score (nSPS) is 16.6. The third-order valence-corrected chi connectivity index (χ3v) is 7.70. The van der Waals surface area contributed by atoms with E-state index in [2.05, 4.69) is 30.5 Å². The number of nitrogen functional groups attached to an aromatic ring is 1. The van der Waals surface area contributed by atoms with Crippen LogP contribution >= 0.6 is 0 Å². The van der Waals surface area contributed by atoms with Crippen LogP contribution in [0.3, 0.4) is 0 Å². The Kier molecular flexibility index (Phi) is 7.23. The lowest BCUT2D eigenvalue weighted by atomic mass is 9.90. The molecule has 1 aliphatic carbocycles. The monoisotopic (exact) mass is 584 g/mol. The van der Waals surface area contributed by atoms with Crippen LogP contribution in [0.15, 0.2) is 54.9 Å². The molecule has 2 atom stereocenters. The Morgan fingerprint density at radius 2 is 1.93 bits per heavy atom. The van der Waals surface area contributed by atoms with E-state index in [4.69, 9.17) is 12.3 Å². The maximum Gasteiger partial charge on any atom is 0.256 e. The average molecular weight is 585 g/mol. The molecule has 1 amide bonds. The Hall–Kier alpha value is -5.31. The Balaban J connectivity index is 1.38. The second kappa shape index (κ2) is 11.2. The number of aromatic amines is 1. The molecule has 5 aromatic rings. The van der Waals surface area contributed by atoms with E-state index in [1.54, 1.807) is 43.6 Å². The van der Waals surface area contributed by atoms with Crippen molar-refractivity contribution in [1.29, 1.82) is 0 Å². The summed E-state index contributed by atoms with van der Waals surface area (Å²) in [6, 6.07) is 10.1. The number of aryl methyl sites for hydroxylation is 1. The lowest BCUT2D eigenvalue weighted by Crippen LogP contribution is -2.42. The zero-order chi connectivity index (χ0) is 30.2. The summed E-state index contributed by atoms with van der Waals surface area (Å²) in [6.45, 7) is 7.95. The highest BCUT2D eigenvalue weighted by Crippen LogP contribution is 2.44. The predicted octanol–water partition coefficient (Wildman–Crippen LogP) is 6.33. The van der Waals surface area contributed by atoms with Crippen molar-refractivity contribution in [2.45, 2.75) is 37.8 Å². The summed E-state index contributed by atoms with van der Waals surface area (Å²) in [5.41, 5.74) is 6.95. The quantitative estimate of drug-likeness (QED) is 0.174. The first-order valence-corrected chi connectivity index (χ1v) is 13.7. The van der Waals surface area contributed by atoms with Crippen molar-refractivity contribution >= 4 is 34.1 Å². The molecule has 1 aliphatic rings. The van der Waals surface area contributed by atoms with Crippen LogP contribution in [0.1, 0.15) is 36.0 Å². The number of H-pyrrole nitrogens is 1. The Morgan fingerprint density at radius 1 is 1.16 bits per heavy atom. The maximum atomic E-state index is 16.3. The number of amides is 1. The van der Waals surface area contributed by atoms with Gasteiger partial charge >= 0.3 is 0 Å². The van der Waals surface area contributed by atoms with E-state index in [-0.39, 0.29) is 68.6 Å². The fraction of sp³-hybridized carbons (Fsp3) is 0.226. The molecular weight excluding hydrogens is 557 g/mol. The maximum absolute atomic E-state index is 16.3. The molecule has 0 saturated heterocycles. The van der Waals surface area contributed by atoms with Crippen LogP contribution in [0.2, 0.25) is 0 Å². The molecular formula is C31H27F3N8O. The number of anilines is 2. The third kappa shape index (κ3) is 5.25. The lowest BCUT2D eigenvalue weighted by Gasteiger charge is -2.31. The fourth-order valence-corrected chi connectivity index (χ4v) is 5.75. The Labute approximate surface area is 244 Å². The van der Waals surface area contributed by atoms with E-state index in [0.717, 1.165) is 25.0 Å². The van der Waals surface area contributed by atoms with Gasteiger partial charge in [-0.2, -0.15) is 5.10 Å². The summed E-state index contributed by atoms with van der Waals surface area (Å²) in [7, 11) is 1.68. The SMILES string of the molecule is [C-]#[N+]c1c(-c2c[nH]c3c(F)cc(F)cc23)nc(NC2CCCC(NC(=O)c3cn(C)nc3N)C2)c(F)c1-c1ccccc1. The number of fused-ring (bicyclic) bond motifs is 1. The zero-order valence-electron chi connectivity index (χ0n) is 23.1. The average Bonchev–Trinajstić information content (AvgIpc) is 3.56. The van der Waals surface area contributed by atoms with E-state index in [0.29, 0.717) is 18.4 Å². The molecule has 12 heteroatoms. The topological polar surface area (TPSA) is 118 Å². The highest BCUT2D eigenvalue weighted by atomic mass is 19.1. The number of hydrogen-bond donors (Lipinski definition) is 4. The van der Waals surface area contributed by atoms with Crippen LogP contribution in [0, 0.1) is 24.0 Å². The van der Waals surface area contributed by atoms with Crippen molar-refractivity contribution < 1.29 is 18.0 Å². The molecule has 1 fully saturated rings. The first-order valence-electron chi connectivity index (χ1n) is 13.7. The van der Waals surface area contributed by atoms with Crippen molar-refractivity contribution in [3.8, 4) is 22.4 Å². The molecule has 0 bridgehead atoms. The minimum atomic E-state index is -0.794. The first kappa shape index (κ1) is 27.8. The van der Waals surface area contributed by atoms with Crippen molar-refractivity contribution in [3.63, 3.8) is 0 Å². The second-order valence-electron chi connectivity index (χ2n) is 10.6. The summed E-state index contributed by atoms with van der Waals surface area (Å²) < 4.78 is 46.6. The van der Waals surface area contributed by atoms with Crippen molar-refractivity contribution in [3.05, 3.63) is 89.3 Å². The number of nitrogens with one attached hydrogen (secondary N) is 3. The molecule has 1 saturated carbocycles. The highest BCUT2D eigenvalue weighted by Gasteiger charge is 2.29. The van der Waals surface area contributed by atoms with Gasteiger partial charge in [0, 0.05) is 54.1 Å². The number of benzene rings is 2. The highest BCUT2D eigenvalue weighted by molar-refractivity contribution is 6.01. The van der Waals surface area contributed by atoms with E-state index >= 15 is 4.39 Å². The summed E-state index contributed by atoms with van der Waals surface area (Å²) >= 11 is 0. The molecule has 2 unspecified atom stereocenters. The first-order chi connectivity index (χ1) is 20.7. The van der Waals surface area contributed by atoms with Gasteiger partial charge in [-0.05, 0) is 37.3 Å². The van der Waals surface area contributed by atoms with E-state index in [1.807, 2.05) is 0 Å². The van der Waals surface area contributed by atoms with Gasteiger partial charge in [0.05, 0.1) is 17.8 Å². The van der Waals surface area contributed by atoms with Gasteiger partial charge in [-0.3, -0.25) is 9.48 Å². The summed E-state index contributed by atoms with van der Waals surface area (Å²) in [5.74, 6) is -2.60. The number of nitrogens with zero attached hydrogens (tertiary/aromatic N) is 4. The smallest absolute Gasteiger partial charge is 0.256 e. The van der Waals surface area contributed by atoms with Gasteiger partial charge < -0.3 is 21.4 Å². The van der Waals surface area contributed by atoms with E-state index in [9.17, 15) is 13.6 Å². The largest absolute Gasteiger partial charge is 0.382 e. The molecule has 43 heavy (non-hydrogen) atoms. The van der Waals surface area contributed by atoms with Crippen molar-refractivity contribution in [2.75, 3.05) is 11.1 Å². The van der Waals surface area contributed by atoms with Gasteiger partial charge in [0.2, 0.25) is 5.69 Å². The van der Waals surface area contributed by atoms with Gasteiger partial charge in [-0.1, -0.05) is 30.3 Å². The van der Waals surface area contributed by atoms with E-state index < -0.39 is 17.5 Å². The predicted molar refractivity (Wildman–Crippen MR) is 158 cm³/mol. The molecule has 0 aliphatic heterocycles. The number of hydrogen-bond acceptors (Lipinski definition) is 5. The number of pyridine rings is 1. The minimum Gasteiger partial charge on any atom is -0.382 e. The summed E-state index contributed by atoms with van der Waals surface area (Å²) in [5, 5.41) is 10.4. The number of rotatable bonds is 6. The van der Waals surface area contributed by atoms with Crippen LogP contribution in [0.4, 0.5) is 30.5 Å². The third-order valence-electron chi connectivity index (χ3n) is 7.70. The molecule has 5 N–H and O–H groups in total. The number of halogens is 3. The Morgan fingerprint density at radius 3 is 2.65 bits per heavy atom. The minimum absolute atomic E-state index is 0.0297. The second-order valence-corrected chi connectivity index (χ2v) is 10.6. The van der Waals surface area contributed by atoms with Crippen LogP contribution < -0.4 is 16.4 Å². The van der Waals surface area contributed by atoms with Gasteiger partial charge in [0.15, 0.2) is 17.5 Å². The van der Waals surface area contributed by atoms with Crippen molar-refractivity contribution in [1.82, 2.24) is 25.1 Å². The molecule has 218 valence electrons. The van der Waals surface area contributed by atoms with Crippen LogP contribution in [-0.2, 0) is 7.05 Å². The van der Waals surface area contributed by atoms with Crippen LogP contribution in [0.25, 0.3) is 38.1 Å². The number of carbonyl (C=O) groups excluding carboxylic acids is 1. The number of aromatic nitrogens is 4. The fourth-order valence-electron chi connectivity index (χ4n) is 5.75. The van der Waals surface area contributed by atoms with Gasteiger partial charge in [-0.15, -0.1) is 0 Å². The summed E-state index contributed by atoms with van der Waals surface area (Å²) in [4.78, 5) is 23.8. The molecule has 9 nitrogen and oxygen atoms in total. The van der Waals surface area contributed by atoms with Gasteiger partial charge in [0.25, 0.3) is 5.91 Å². The van der Waals surface area contributed by atoms with Crippen molar-refractivity contribution in [2.24, 2.45) is 7.05 Å². The van der Waals surface area contributed by atoms with E-state index in [1.165, 1.54) is 10.9 Å². The molecule has 0 spiro atoms. The van der Waals surface area contributed by atoms with Gasteiger partial charge in [-0.25, -0.2) is 23.0 Å². The molecule has 0 radical (unpaired) electrons. The lowest BCUT2D eigenvalue weighted by molar-refractivity contribution is 0.0927. The molecule has 6 rings (SSSR count). The summed E-state index contributed by atoms with van der Waals surface area (Å²) in [6.07, 6.45) is 5.65. The molecule has 3 heterocycles. The molecule has 3 aromatic heterocycles. The number of nitrogens with two attached hydrogens (primary N) is 1. The van der Waals surface area contributed by atoms with Crippen LogP contribution in [-0.4, -0.2) is 37.7 Å². The Bertz CT molecular complexity index is 1890. The molecule has 2 aromatic carbocycles. The number of carbonyl (C=O) groups is 1. The zero-order valence-corrected chi connectivity index (χ0v) is 23.1. The standard InChI is InChI=1S/C31H27F3N8O/c1-36-28-24(16-7-4-3-5-8-16)25(34)30(40-27(28)21-14-37-26-20(21)11-17(32)12-23(26)33)38-18-9-6-10-19(13-18)39-31(43)22-15-42(2)41-29(22)35/h3-5,7-8,11-12,14-15,18-19,37H,6,9-10,13H2,2H3,(H2,35,41)(H,38,40)(H,39,43). The van der Waals surface area contributed by atoms with Gasteiger partial charge in [0.1, 0.15) is 17.2 Å².